The van der Waals surface area contributed by atoms with Crippen molar-refractivity contribution in [2.24, 2.45) is 11.3 Å². The van der Waals surface area contributed by atoms with Crippen molar-refractivity contribution >= 4 is 10.0 Å². The van der Waals surface area contributed by atoms with E-state index < -0.39 is 15.4 Å². The molecule has 6 heteroatoms. The van der Waals surface area contributed by atoms with E-state index in [0.29, 0.717) is 31.8 Å². The second-order valence-corrected chi connectivity index (χ2v) is 9.54. The molecule has 1 aliphatic heterocycles. The van der Waals surface area contributed by atoms with E-state index in [4.69, 9.17) is 0 Å². The van der Waals surface area contributed by atoms with Crippen LogP contribution in [0.2, 0.25) is 0 Å². The van der Waals surface area contributed by atoms with Crippen LogP contribution in [0, 0.1) is 17.2 Å². The lowest BCUT2D eigenvalue weighted by Crippen LogP contribution is -2.37. The minimum absolute atomic E-state index is 0.0565. The highest BCUT2D eigenvalue weighted by atomic mass is 32.2. The summed E-state index contributed by atoms with van der Waals surface area (Å²) in [6, 6.07) is 6.23. The fourth-order valence-corrected chi connectivity index (χ4v) is 5.45. The van der Waals surface area contributed by atoms with Gasteiger partial charge in [-0.1, -0.05) is 31.4 Å². The topological polar surface area (TPSA) is 57.6 Å². The summed E-state index contributed by atoms with van der Waals surface area (Å²) in [5.74, 6) is 0.503. The number of halogens is 1. The van der Waals surface area contributed by atoms with Gasteiger partial charge in [-0.15, -0.1) is 0 Å². The first kappa shape index (κ1) is 17.8. The SMILES string of the molecule is O=S(=O)(CCC1CCC1)N1CCC(CO)(Cc2ccc(F)cc2)C1. The van der Waals surface area contributed by atoms with Gasteiger partial charge in [-0.2, -0.15) is 0 Å². The molecule has 2 fully saturated rings. The molecule has 1 heterocycles. The van der Waals surface area contributed by atoms with E-state index in [1.165, 1.54) is 18.6 Å². The molecule has 3 rings (SSSR count). The number of aliphatic hydroxyl groups excluding tert-OH is 1. The molecule has 4 nitrogen and oxygen atoms in total. The molecule has 2 aliphatic rings. The molecule has 1 atom stereocenters. The largest absolute Gasteiger partial charge is 0.396 e. The van der Waals surface area contributed by atoms with Gasteiger partial charge in [-0.05, 0) is 42.9 Å². The van der Waals surface area contributed by atoms with E-state index in [9.17, 15) is 17.9 Å². The van der Waals surface area contributed by atoms with Gasteiger partial charge >= 0.3 is 0 Å². The Bertz CT molecular complexity index is 657. The summed E-state index contributed by atoms with van der Waals surface area (Å²) >= 11 is 0. The lowest BCUT2D eigenvalue weighted by Gasteiger charge is -2.28. The Hall–Kier alpha value is -0.980. The first-order chi connectivity index (χ1) is 11.4. The van der Waals surface area contributed by atoms with E-state index in [-0.39, 0.29) is 18.2 Å². The van der Waals surface area contributed by atoms with Gasteiger partial charge in [0.1, 0.15) is 5.82 Å². The predicted octanol–water partition coefficient (Wildman–Crippen LogP) is 2.57. The maximum Gasteiger partial charge on any atom is 0.214 e. The van der Waals surface area contributed by atoms with Crippen LogP contribution in [0.1, 0.15) is 37.7 Å². The molecule has 0 spiro atoms. The number of benzene rings is 1. The van der Waals surface area contributed by atoms with Crippen LogP contribution < -0.4 is 0 Å². The third-order valence-electron chi connectivity index (χ3n) is 5.63. The van der Waals surface area contributed by atoms with Crippen molar-refractivity contribution < 1.29 is 17.9 Å². The molecule has 1 unspecified atom stereocenters. The molecule has 1 aromatic rings. The van der Waals surface area contributed by atoms with Gasteiger partial charge < -0.3 is 5.11 Å². The fourth-order valence-electron chi connectivity index (χ4n) is 3.72. The lowest BCUT2D eigenvalue weighted by atomic mass is 9.82. The van der Waals surface area contributed by atoms with E-state index >= 15 is 0 Å². The van der Waals surface area contributed by atoms with Gasteiger partial charge in [-0.3, -0.25) is 0 Å². The van der Waals surface area contributed by atoms with E-state index in [1.54, 1.807) is 16.4 Å². The monoisotopic (exact) mass is 355 g/mol. The van der Waals surface area contributed by atoms with E-state index in [1.807, 2.05) is 0 Å². The fraction of sp³-hybridized carbons (Fsp3) is 0.667. The molecule has 1 aliphatic carbocycles. The third-order valence-corrected chi connectivity index (χ3v) is 7.48. The molecule has 0 radical (unpaired) electrons. The molecular weight excluding hydrogens is 329 g/mol. The third kappa shape index (κ3) is 3.98. The van der Waals surface area contributed by atoms with Crippen LogP contribution in [-0.4, -0.2) is 43.3 Å². The second kappa shape index (κ2) is 7.10. The Morgan fingerprint density at radius 3 is 2.54 bits per heavy atom. The highest BCUT2D eigenvalue weighted by molar-refractivity contribution is 7.89. The van der Waals surface area contributed by atoms with Gasteiger partial charge in [-0.25, -0.2) is 17.1 Å². The van der Waals surface area contributed by atoms with Crippen LogP contribution >= 0.6 is 0 Å². The van der Waals surface area contributed by atoms with Crippen LogP contribution in [-0.2, 0) is 16.4 Å². The Balaban J connectivity index is 1.63. The first-order valence-electron chi connectivity index (χ1n) is 8.76. The number of hydrogen-bond acceptors (Lipinski definition) is 3. The quantitative estimate of drug-likeness (QED) is 0.818. The smallest absolute Gasteiger partial charge is 0.214 e. The molecular formula is C18H26FNO3S. The zero-order valence-corrected chi connectivity index (χ0v) is 14.8. The molecule has 1 saturated heterocycles. The van der Waals surface area contributed by atoms with Crippen molar-refractivity contribution in [3.8, 4) is 0 Å². The Morgan fingerprint density at radius 2 is 1.96 bits per heavy atom. The summed E-state index contributed by atoms with van der Waals surface area (Å²) in [4.78, 5) is 0. The summed E-state index contributed by atoms with van der Waals surface area (Å²) in [7, 11) is -3.25. The number of hydrogen-bond donors (Lipinski definition) is 1. The summed E-state index contributed by atoms with van der Waals surface area (Å²) < 4.78 is 39.7. The second-order valence-electron chi connectivity index (χ2n) is 7.45. The number of sulfonamides is 1. The van der Waals surface area contributed by atoms with Crippen molar-refractivity contribution in [1.29, 1.82) is 0 Å². The van der Waals surface area contributed by atoms with Gasteiger partial charge in [0.25, 0.3) is 0 Å². The Labute approximate surface area is 143 Å². The molecule has 1 N–H and O–H groups in total. The molecule has 0 bridgehead atoms. The minimum atomic E-state index is -3.25. The lowest BCUT2D eigenvalue weighted by molar-refractivity contribution is 0.137. The molecule has 1 saturated carbocycles. The van der Waals surface area contributed by atoms with Crippen LogP contribution in [0.25, 0.3) is 0 Å². The van der Waals surface area contributed by atoms with Gasteiger partial charge in [0, 0.05) is 18.5 Å². The van der Waals surface area contributed by atoms with E-state index in [2.05, 4.69) is 0 Å². The highest BCUT2D eigenvalue weighted by Crippen LogP contribution is 2.36. The summed E-state index contributed by atoms with van der Waals surface area (Å²) in [5.41, 5.74) is 0.473. The van der Waals surface area contributed by atoms with Crippen LogP contribution in [0.4, 0.5) is 4.39 Å². The zero-order valence-electron chi connectivity index (χ0n) is 14.0. The predicted molar refractivity (Wildman–Crippen MR) is 91.6 cm³/mol. The average Bonchev–Trinajstić information content (AvgIpc) is 2.94. The number of aliphatic hydroxyl groups is 1. The van der Waals surface area contributed by atoms with Crippen molar-refractivity contribution in [2.75, 3.05) is 25.4 Å². The highest BCUT2D eigenvalue weighted by Gasteiger charge is 2.42. The zero-order chi connectivity index (χ0) is 17.2. The molecule has 24 heavy (non-hydrogen) atoms. The van der Waals surface area contributed by atoms with Crippen LogP contribution in [0.5, 0.6) is 0 Å². The molecule has 134 valence electrons. The summed E-state index contributed by atoms with van der Waals surface area (Å²) in [5, 5.41) is 9.89. The van der Waals surface area contributed by atoms with E-state index in [0.717, 1.165) is 24.8 Å². The summed E-state index contributed by atoms with van der Waals surface area (Å²) in [6.45, 7) is 0.766. The number of nitrogens with zero attached hydrogens (tertiary/aromatic N) is 1. The van der Waals surface area contributed by atoms with Crippen molar-refractivity contribution in [1.82, 2.24) is 4.31 Å². The number of rotatable bonds is 7. The van der Waals surface area contributed by atoms with Crippen LogP contribution in [0.15, 0.2) is 24.3 Å². The molecule has 0 amide bonds. The van der Waals surface area contributed by atoms with Gasteiger partial charge in [0.2, 0.25) is 10.0 Å². The standard InChI is InChI=1S/C18H26FNO3S/c19-17-6-4-16(5-7-17)12-18(14-21)9-10-20(13-18)24(22,23)11-8-15-2-1-3-15/h4-7,15,21H,1-3,8-14H2. The van der Waals surface area contributed by atoms with Crippen molar-refractivity contribution in [2.45, 2.75) is 38.5 Å². The first-order valence-corrected chi connectivity index (χ1v) is 10.4. The Morgan fingerprint density at radius 1 is 1.25 bits per heavy atom. The maximum absolute atomic E-state index is 13.0. The molecule has 1 aromatic carbocycles. The average molecular weight is 355 g/mol. The Kier molecular flexibility index (Phi) is 5.27. The maximum atomic E-state index is 13.0. The summed E-state index contributed by atoms with van der Waals surface area (Å²) in [6.07, 6.45) is 5.49. The molecule has 0 aromatic heterocycles. The van der Waals surface area contributed by atoms with Gasteiger partial charge in [0.05, 0.1) is 12.4 Å². The van der Waals surface area contributed by atoms with Gasteiger partial charge in [0.15, 0.2) is 0 Å². The van der Waals surface area contributed by atoms with Crippen molar-refractivity contribution in [3.05, 3.63) is 35.6 Å². The normalized spacial score (nSPS) is 25.8. The van der Waals surface area contributed by atoms with Crippen molar-refractivity contribution in [3.63, 3.8) is 0 Å². The van der Waals surface area contributed by atoms with Crippen LogP contribution in [0.3, 0.4) is 0 Å². The minimum Gasteiger partial charge on any atom is -0.396 e.